The van der Waals surface area contributed by atoms with E-state index in [-0.39, 0.29) is 30.1 Å². The summed E-state index contributed by atoms with van der Waals surface area (Å²) >= 11 is 7.33. The fourth-order valence-electron chi connectivity index (χ4n) is 3.14. The molecule has 2 N–H and O–H groups in total. The molecular weight excluding hydrogens is 362 g/mol. The number of nitrogens with zero attached hydrogens (tertiary/aromatic N) is 1. The van der Waals surface area contributed by atoms with E-state index in [4.69, 9.17) is 11.6 Å². The van der Waals surface area contributed by atoms with Gasteiger partial charge in [0.05, 0.1) is 10.9 Å². The highest BCUT2D eigenvalue weighted by Gasteiger charge is 2.32. The van der Waals surface area contributed by atoms with Crippen LogP contribution in [0.3, 0.4) is 0 Å². The Morgan fingerprint density at radius 1 is 1.36 bits per heavy atom. The van der Waals surface area contributed by atoms with Crippen LogP contribution in [0.5, 0.6) is 0 Å². The van der Waals surface area contributed by atoms with Gasteiger partial charge in [0.1, 0.15) is 0 Å². The summed E-state index contributed by atoms with van der Waals surface area (Å²) in [5.41, 5.74) is 0.692. The maximum Gasteiger partial charge on any atom is 0.238 e. The minimum Gasteiger partial charge on any atom is -0.359 e. The van der Waals surface area contributed by atoms with Crippen LogP contribution in [0.1, 0.15) is 19.3 Å². The van der Waals surface area contributed by atoms with Gasteiger partial charge in [0.25, 0.3) is 0 Å². The van der Waals surface area contributed by atoms with Crippen molar-refractivity contribution in [3.8, 4) is 0 Å². The van der Waals surface area contributed by atoms with Gasteiger partial charge in [-0.3, -0.25) is 14.4 Å². The minimum atomic E-state index is -0.446. The molecule has 2 aliphatic rings. The Labute approximate surface area is 155 Å². The van der Waals surface area contributed by atoms with Gasteiger partial charge in [-0.05, 0) is 31.0 Å². The molecule has 2 heterocycles. The first-order valence-electron chi connectivity index (χ1n) is 8.24. The van der Waals surface area contributed by atoms with E-state index in [1.165, 1.54) is 11.8 Å². The number of benzene rings is 1. The van der Waals surface area contributed by atoms with E-state index in [9.17, 15) is 14.4 Å². The Kier molecular flexibility index (Phi) is 5.54. The first-order chi connectivity index (χ1) is 12.0. The molecule has 2 aliphatic heterocycles. The minimum absolute atomic E-state index is 0.0296. The third-order valence-electron chi connectivity index (χ3n) is 4.59. The summed E-state index contributed by atoms with van der Waals surface area (Å²) in [7, 11) is 1.63. The van der Waals surface area contributed by atoms with E-state index in [0.717, 1.165) is 4.90 Å². The predicted molar refractivity (Wildman–Crippen MR) is 97.7 cm³/mol. The second kappa shape index (κ2) is 7.66. The van der Waals surface area contributed by atoms with Gasteiger partial charge in [-0.15, -0.1) is 11.8 Å². The average Bonchev–Trinajstić information content (AvgIpc) is 2.62. The molecule has 3 rings (SSSR count). The Morgan fingerprint density at radius 2 is 2.08 bits per heavy atom. The fourth-order valence-corrected chi connectivity index (χ4v) is 4.39. The van der Waals surface area contributed by atoms with Gasteiger partial charge in [0.2, 0.25) is 17.7 Å². The summed E-state index contributed by atoms with van der Waals surface area (Å²) in [6.45, 7) is 1.12. The van der Waals surface area contributed by atoms with Crippen LogP contribution in [0.2, 0.25) is 5.02 Å². The third kappa shape index (κ3) is 4.10. The molecule has 134 valence electrons. The highest BCUT2D eigenvalue weighted by Crippen LogP contribution is 2.38. The zero-order chi connectivity index (χ0) is 18.0. The van der Waals surface area contributed by atoms with Crippen LogP contribution < -0.4 is 10.6 Å². The van der Waals surface area contributed by atoms with Crippen LogP contribution in [-0.2, 0) is 14.4 Å². The molecule has 0 aliphatic carbocycles. The molecule has 1 aromatic rings. The molecular formula is C17H20ClN3O3S. The average molecular weight is 382 g/mol. The van der Waals surface area contributed by atoms with Crippen molar-refractivity contribution in [1.29, 1.82) is 0 Å². The van der Waals surface area contributed by atoms with E-state index in [0.29, 0.717) is 36.6 Å². The molecule has 8 heteroatoms. The molecule has 0 aromatic heterocycles. The van der Waals surface area contributed by atoms with Crippen molar-refractivity contribution in [2.45, 2.75) is 29.4 Å². The number of hydrogen-bond acceptors (Lipinski definition) is 4. The number of nitrogens with one attached hydrogen (secondary N) is 2. The van der Waals surface area contributed by atoms with Crippen molar-refractivity contribution in [2.24, 2.45) is 5.92 Å². The van der Waals surface area contributed by atoms with Gasteiger partial charge < -0.3 is 15.5 Å². The first-order valence-corrected chi connectivity index (χ1v) is 9.50. The van der Waals surface area contributed by atoms with Crippen LogP contribution in [0.4, 0.5) is 5.69 Å². The SMILES string of the molecule is CNC(=O)C1CCN(C(=O)CC2Sc3ccc(Cl)cc3NC2=O)CC1. The molecule has 6 nitrogen and oxygen atoms in total. The van der Waals surface area contributed by atoms with Crippen molar-refractivity contribution >= 4 is 46.8 Å². The Hall–Kier alpha value is -1.73. The summed E-state index contributed by atoms with van der Waals surface area (Å²) in [5, 5.41) is 5.59. The van der Waals surface area contributed by atoms with Gasteiger partial charge in [-0.2, -0.15) is 0 Å². The molecule has 1 atom stereocenters. The number of fused-ring (bicyclic) bond motifs is 1. The molecule has 1 unspecified atom stereocenters. The quantitative estimate of drug-likeness (QED) is 0.840. The fraction of sp³-hybridized carbons (Fsp3) is 0.471. The highest BCUT2D eigenvalue weighted by atomic mass is 35.5. The lowest BCUT2D eigenvalue weighted by molar-refractivity contribution is -0.136. The standard InChI is InChI=1S/C17H20ClN3O3S/c1-19-16(23)10-4-6-21(7-5-10)15(22)9-14-17(24)20-12-8-11(18)2-3-13(12)25-14/h2-3,8,10,14H,4-7,9H2,1H3,(H,19,23)(H,20,24). The number of thioether (sulfide) groups is 1. The van der Waals surface area contributed by atoms with E-state index in [1.54, 1.807) is 24.1 Å². The maximum atomic E-state index is 12.5. The van der Waals surface area contributed by atoms with Gasteiger partial charge in [0.15, 0.2) is 0 Å². The lowest BCUT2D eigenvalue weighted by Crippen LogP contribution is -2.44. The van der Waals surface area contributed by atoms with Crippen LogP contribution in [0, 0.1) is 5.92 Å². The van der Waals surface area contributed by atoms with Crippen LogP contribution in [0.15, 0.2) is 23.1 Å². The zero-order valence-electron chi connectivity index (χ0n) is 13.9. The number of anilines is 1. The number of likely N-dealkylation sites (tertiary alicyclic amines) is 1. The number of amides is 3. The van der Waals surface area contributed by atoms with E-state index in [2.05, 4.69) is 10.6 Å². The normalized spacial score (nSPS) is 20.6. The highest BCUT2D eigenvalue weighted by molar-refractivity contribution is 8.01. The second-order valence-electron chi connectivity index (χ2n) is 6.21. The smallest absolute Gasteiger partial charge is 0.238 e. The third-order valence-corrected chi connectivity index (χ3v) is 6.10. The molecule has 0 saturated carbocycles. The number of piperidine rings is 1. The lowest BCUT2D eigenvalue weighted by Gasteiger charge is -2.32. The molecule has 3 amide bonds. The van der Waals surface area contributed by atoms with Gasteiger partial charge >= 0.3 is 0 Å². The molecule has 0 radical (unpaired) electrons. The summed E-state index contributed by atoms with van der Waals surface area (Å²) in [5.74, 6) is -0.212. The number of carbonyl (C=O) groups excluding carboxylic acids is 3. The Bertz CT molecular complexity index is 704. The zero-order valence-corrected chi connectivity index (χ0v) is 15.5. The van der Waals surface area contributed by atoms with Crippen LogP contribution in [-0.4, -0.2) is 48.0 Å². The van der Waals surface area contributed by atoms with Crippen LogP contribution >= 0.6 is 23.4 Å². The summed E-state index contributed by atoms with van der Waals surface area (Å²) in [4.78, 5) is 39.1. The molecule has 1 aromatic carbocycles. The van der Waals surface area contributed by atoms with Crippen LogP contribution in [0.25, 0.3) is 0 Å². The summed E-state index contributed by atoms with van der Waals surface area (Å²) < 4.78 is 0. The molecule has 0 spiro atoms. The molecule has 1 fully saturated rings. The van der Waals surface area contributed by atoms with Crippen molar-refractivity contribution in [1.82, 2.24) is 10.2 Å². The largest absolute Gasteiger partial charge is 0.359 e. The number of rotatable bonds is 3. The molecule has 25 heavy (non-hydrogen) atoms. The van der Waals surface area contributed by atoms with Crippen molar-refractivity contribution in [3.05, 3.63) is 23.2 Å². The maximum absolute atomic E-state index is 12.5. The van der Waals surface area contributed by atoms with E-state index >= 15 is 0 Å². The topological polar surface area (TPSA) is 78.5 Å². The second-order valence-corrected chi connectivity index (χ2v) is 7.89. The molecule has 0 bridgehead atoms. The van der Waals surface area contributed by atoms with Crippen molar-refractivity contribution in [3.63, 3.8) is 0 Å². The monoisotopic (exact) mass is 381 g/mol. The van der Waals surface area contributed by atoms with E-state index in [1.807, 2.05) is 6.07 Å². The number of hydrogen-bond donors (Lipinski definition) is 2. The Morgan fingerprint density at radius 3 is 2.76 bits per heavy atom. The number of halogens is 1. The summed E-state index contributed by atoms with van der Waals surface area (Å²) in [6, 6.07) is 5.34. The summed E-state index contributed by atoms with van der Waals surface area (Å²) in [6.07, 6.45) is 1.48. The predicted octanol–water partition coefficient (Wildman–Crippen LogP) is 2.13. The number of carbonyl (C=O) groups is 3. The van der Waals surface area contributed by atoms with Gasteiger partial charge in [-0.1, -0.05) is 11.6 Å². The first kappa shape index (κ1) is 18.1. The lowest BCUT2D eigenvalue weighted by atomic mass is 9.95. The Balaban J connectivity index is 1.58. The van der Waals surface area contributed by atoms with E-state index < -0.39 is 5.25 Å². The van der Waals surface area contributed by atoms with Gasteiger partial charge in [0, 0.05) is 42.4 Å². The van der Waals surface area contributed by atoms with Gasteiger partial charge in [-0.25, -0.2) is 0 Å². The molecule has 1 saturated heterocycles. The van der Waals surface area contributed by atoms with Crippen molar-refractivity contribution in [2.75, 3.05) is 25.5 Å². The van der Waals surface area contributed by atoms with Crippen molar-refractivity contribution < 1.29 is 14.4 Å².